The van der Waals surface area contributed by atoms with Crippen LogP contribution in [-0.4, -0.2) is 234 Å². The van der Waals surface area contributed by atoms with Gasteiger partial charge in [-0.2, -0.15) is 0 Å². The molecular formula is C93H148N2O28. The van der Waals surface area contributed by atoms with Crippen LogP contribution in [0.1, 0.15) is 299 Å². The molecule has 123 heavy (non-hydrogen) atoms. The van der Waals surface area contributed by atoms with Crippen molar-refractivity contribution in [2.75, 3.05) is 132 Å². The average Bonchev–Trinajstić information content (AvgIpc) is 0.901. The van der Waals surface area contributed by atoms with Crippen LogP contribution in [0.2, 0.25) is 0 Å². The molecule has 0 spiro atoms. The summed E-state index contributed by atoms with van der Waals surface area (Å²) in [4.78, 5) is 166. The Labute approximate surface area is 729 Å². The summed E-state index contributed by atoms with van der Waals surface area (Å²) < 4.78 is 54.6. The van der Waals surface area contributed by atoms with Gasteiger partial charge in [-0.05, 0) is 165 Å². The van der Waals surface area contributed by atoms with E-state index in [2.05, 4.69) is 17.6 Å². The highest BCUT2D eigenvalue weighted by molar-refractivity contribution is 5.89. The normalized spacial score (nSPS) is 12.1. The lowest BCUT2D eigenvalue weighted by Gasteiger charge is -2.12. The van der Waals surface area contributed by atoms with Gasteiger partial charge in [0.15, 0.2) is 11.6 Å². The minimum atomic E-state index is -1.06. The van der Waals surface area contributed by atoms with Gasteiger partial charge in [-0.1, -0.05) is 97.3 Å². The molecule has 0 aliphatic rings. The average molecular weight is 1740 g/mol. The number of ketones is 8. The van der Waals surface area contributed by atoms with Crippen molar-refractivity contribution in [2.24, 2.45) is 23.7 Å². The van der Waals surface area contributed by atoms with E-state index in [9.17, 15) is 77.3 Å². The number of carboxylic acids is 4. The Hall–Kier alpha value is -8.10. The van der Waals surface area contributed by atoms with Crippen LogP contribution in [-0.2, 0) is 95.4 Å². The van der Waals surface area contributed by atoms with Gasteiger partial charge in [-0.25, -0.2) is 9.59 Å². The molecule has 6 N–H and O–H groups in total. The van der Waals surface area contributed by atoms with Crippen molar-refractivity contribution < 1.29 is 135 Å². The standard InChI is InChI=1S/C47H75NO14.C46H73NO14/c1-3-15-38(37(2)49)16-10-11-26-48-45(53)36-61-33-31-59-28-14-19-43(52)35-60-32-30-58-27-13-18-41(50)23-20-40(47(56)57)34-42(51)17-9-7-5-4-6-8-12-29-62-44-24-21-39(22-25-44)46(54)55;1-3-37(36(2)48)15-10-11-25-47-44(52)35-60-32-30-58-27-14-18-42(51)34-59-31-29-57-26-13-17-40(49)22-19-39(46(55)56)33-41(50)16-9-7-5-4-6-8-12-28-61-43-23-20-38(21-24-43)45(53)54/h21-22,24-25,38,40H,3-20,23,26-36H2,1-2H3,(H,48,53)(H,54,55)(H,56,57);20-21,23-24,37,39H,3-19,22,25-35H2,1-2H3,(H,47,52)(H,53,54)(H,55,56)/t38-,40+;37-,39+/m00/s1. The molecule has 0 unspecified atom stereocenters. The van der Waals surface area contributed by atoms with Gasteiger partial charge >= 0.3 is 23.9 Å². The van der Waals surface area contributed by atoms with Crippen molar-refractivity contribution in [3.8, 4) is 11.5 Å². The molecule has 4 atom stereocenters. The molecular weight excluding hydrogens is 1590 g/mol. The molecule has 0 radical (unpaired) electrons. The van der Waals surface area contributed by atoms with Crippen molar-refractivity contribution >= 4 is 82.0 Å². The third-order valence-electron chi connectivity index (χ3n) is 20.5. The van der Waals surface area contributed by atoms with Gasteiger partial charge < -0.3 is 78.4 Å². The van der Waals surface area contributed by atoms with Gasteiger partial charge in [0.1, 0.15) is 72.6 Å². The van der Waals surface area contributed by atoms with E-state index in [4.69, 9.17) is 57.6 Å². The Morgan fingerprint density at radius 3 is 0.919 bits per heavy atom. The molecule has 30 heteroatoms. The van der Waals surface area contributed by atoms with Crippen LogP contribution in [0, 0.1) is 23.7 Å². The van der Waals surface area contributed by atoms with Crippen LogP contribution in [0.5, 0.6) is 11.5 Å². The molecule has 698 valence electrons. The van der Waals surface area contributed by atoms with Gasteiger partial charge in [0.25, 0.3) is 0 Å². The zero-order chi connectivity index (χ0) is 90.6. The Bertz CT molecular complexity index is 3240. The summed E-state index contributed by atoms with van der Waals surface area (Å²) in [6.45, 7) is 13.1. The smallest absolute Gasteiger partial charge is 0.335 e. The number of benzene rings is 2. The van der Waals surface area contributed by atoms with Crippen LogP contribution in [0.3, 0.4) is 0 Å². The second-order valence-electron chi connectivity index (χ2n) is 31.2. The van der Waals surface area contributed by atoms with Gasteiger partial charge in [0.05, 0.1) is 89.0 Å². The molecule has 0 heterocycles. The Kier molecular flexibility index (Phi) is 71.1. The molecule has 0 aliphatic carbocycles. The lowest BCUT2D eigenvalue weighted by molar-refractivity contribution is -0.144. The number of ether oxygens (including phenoxy) is 10. The number of aromatic carboxylic acids is 2. The van der Waals surface area contributed by atoms with Gasteiger partial charge in [-0.15, -0.1) is 0 Å². The maximum Gasteiger partial charge on any atom is 0.335 e. The summed E-state index contributed by atoms with van der Waals surface area (Å²) >= 11 is 0. The number of Topliss-reactive ketones (excluding diaryl/α,β-unsaturated/α-hetero) is 8. The predicted molar refractivity (Wildman–Crippen MR) is 462 cm³/mol. The van der Waals surface area contributed by atoms with Crippen molar-refractivity contribution in [2.45, 2.75) is 278 Å². The molecule has 0 aromatic heterocycles. The second kappa shape index (κ2) is 77.5. The summed E-state index contributed by atoms with van der Waals surface area (Å²) in [6.07, 6.45) is 25.2. The third kappa shape index (κ3) is 67.9. The Morgan fingerprint density at radius 2 is 0.593 bits per heavy atom. The lowest BCUT2D eigenvalue weighted by Crippen LogP contribution is -2.29. The molecule has 30 nitrogen and oxygen atoms in total. The first kappa shape index (κ1) is 113. The van der Waals surface area contributed by atoms with Crippen LogP contribution in [0.25, 0.3) is 0 Å². The third-order valence-corrected chi connectivity index (χ3v) is 20.5. The Morgan fingerprint density at radius 1 is 0.285 bits per heavy atom. The van der Waals surface area contributed by atoms with E-state index in [1.54, 1.807) is 38.1 Å². The number of hydrogen-bond donors (Lipinski definition) is 6. The first-order valence-corrected chi connectivity index (χ1v) is 45.0. The number of aliphatic carboxylic acids is 2. The molecule has 0 bridgehead atoms. The fourth-order valence-electron chi connectivity index (χ4n) is 13.1. The quantitative estimate of drug-likeness (QED) is 0.0335. The zero-order valence-corrected chi connectivity index (χ0v) is 74.2. The number of nitrogens with one attached hydrogen (secondary N) is 2. The van der Waals surface area contributed by atoms with E-state index < -0.39 is 35.7 Å². The summed E-state index contributed by atoms with van der Waals surface area (Å²) in [6, 6.07) is 12.7. The largest absolute Gasteiger partial charge is 0.494 e. The number of carbonyl (C=O) groups excluding carboxylic acids is 10. The van der Waals surface area contributed by atoms with E-state index in [1.807, 2.05) is 6.92 Å². The molecule has 2 aromatic carbocycles. The maximum atomic E-state index is 12.5. The van der Waals surface area contributed by atoms with Gasteiger partial charge in [-0.3, -0.25) is 57.5 Å². The van der Waals surface area contributed by atoms with Crippen molar-refractivity contribution in [1.82, 2.24) is 10.6 Å². The number of hydrogen-bond acceptors (Lipinski definition) is 24. The van der Waals surface area contributed by atoms with E-state index in [-0.39, 0.29) is 198 Å². The fourth-order valence-corrected chi connectivity index (χ4v) is 13.1. The minimum Gasteiger partial charge on any atom is -0.494 e. The summed E-state index contributed by atoms with van der Waals surface area (Å²) in [5.41, 5.74) is 0.444. The molecule has 0 aliphatic heterocycles. The highest BCUT2D eigenvalue weighted by Gasteiger charge is 2.24. The number of amides is 2. The number of carboxylic acid groups (broad SMARTS) is 4. The predicted octanol–water partition coefficient (Wildman–Crippen LogP) is 14.4. The highest BCUT2D eigenvalue weighted by Crippen LogP contribution is 2.22. The first-order chi connectivity index (χ1) is 59.3. The molecule has 2 amide bonds. The molecule has 0 fully saturated rings. The van der Waals surface area contributed by atoms with Crippen LogP contribution < -0.4 is 20.1 Å². The fraction of sp³-hybridized carbons (Fsp3) is 0.720. The van der Waals surface area contributed by atoms with Crippen LogP contribution >= 0.6 is 0 Å². The lowest BCUT2D eigenvalue weighted by atomic mass is 9.93. The molecule has 0 saturated carbocycles. The van der Waals surface area contributed by atoms with Crippen molar-refractivity contribution in [3.05, 3.63) is 59.7 Å². The number of carbonyl (C=O) groups is 14. The SMILES string of the molecule is CCC[C@@H](CCCCNC(=O)COCCOCCCC(=O)COCCOCCCC(=O)CC[C@H](CC(=O)CCCCCCCCCOc1ccc(C(=O)O)cc1)C(=O)O)C(C)=O.CC[C@@H](CCCCNC(=O)COCCOCCCC(=O)COCCOCCCC(=O)CC[C@H](CC(=O)CCCCCCCCCOc1ccc(C(=O)O)cc1)C(=O)O)C(C)=O. The van der Waals surface area contributed by atoms with E-state index >= 15 is 0 Å². The van der Waals surface area contributed by atoms with Crippen LogP contribution in [0.4, 0.5) is 0 Å². The molecule has 2 rings (SSSR count). The monoisotopic (exact) mass is 1740 g/mol. The molecule has 2 aromatic rings. The van der Waals surface area contributed by atoms with Gasteiger partial charge in [0, 0.05) is 116 Å². The minimum absolute atomic E-state index is 0.0287. The summed E-state index contributed by atoms with van der Waals surface area (Å²) in [7, 11) is 0. The zero-order valence-electron chi connectivity index (χ0n) is 74.2. The van der Waals surface area contributed by atoms with Crippen molar-refractivity contribution in [3.63, 3.8) is 0 Å². The van der Waals surface area contributed by atoms with Gasteiger partial charge in [0.2, 0.25) is 11.8 Å². The maximum absolute atomic E-state index is 12.5. The van der Waals surface area contributed by atoms with E-state index in [1.165, 1.54) is 24.3 Å². The second-order valence-corrected chi connectivity index (χ2v) is 31.2. The first-order valence-electron chi connectivity index (χ1n) is 45.0. The number of rotatable bonds is 87. The highest BCUT2D eigenvalue weighted by atomic mass is 16.5. The van der Waals surface area contributed by atoms with E-state index in [0.29, 0.717) is 142 Å². The Balaban J connectivity index is 0.00000123. The summed E-state index contributed by atoms with van der Waals surface area (Å²) in [5, 5.41) is 42.7. The number of unbranched alkanes of at least 4 members (excludes halogenated alkanes) is 14. The topological polar surface area (TPSA) is 436 Å². The van der Waals surface area contributed by atoms with Crippen LogP contribution in [0.15, 0.2) is 48.5 Å². The summed E-state index contributed by atoms with van der Waals surface area (Å²) in [5.74, 6) is -4.64. The molecule has 0 saturated heterocycles. The van der Waals surface area contributed by atoms with Crippen molar-refractivity contribution in [1.29, 1.82) is 0 Å². The van der Waals surface area contributed by atoms with E-state index in [0.717, 1.165) is 135 Å².